The number of methoxy groups -OCH3 is 1. The summed E-state index contributed by atoms with van der Waals surface area (Å²) in [5.74, 6) is -0.609. The van der Waals surface area contributed by atoms with Crippen molar-refractivity contribution in [2.24, 2.45) is 5.11 Å². The van der Waals surface area contributed by atoms with Crippen LogP contribution < -0.4 is 0 Å². The zero-order valence-corrected chi connectivity index (χ0v) is 9.58. The first-order chi connectivity index (χ1) is 7.57. The second kappa shape index (κ2) is 4.07. The van der Waals surface area contributed by atoms with E-state index in [0.29, 0.717) is 6.54 Å². The van der Waals surface area contributed by atoms with Crippen LogP contribution in [0.2, 0.25) is 0 Å². The van der Waals surface area contributed by atoms with Crippen LogP contribution in [0.25, 0.3) is 10.4 Å². The second-order valence-corrected chi connectivity index (χ2v) is 4.35. The molecular formula is C10H15N3O3. The van der Waals surface area contributed by atoms with Gasteiger partial charge < -0.3 is 14.2 Å². The van der Waals surface area contributed by atoms with Gasteiger partial charge in [0.2, 0.25) is 0 Å². The molecule has 6 heteroatoms. The van der Waals surface area contributed by atoms with Gasteiger partial charge in [-0.15, -0.1) is 0 Å². The molecule has 16 heavy (non-hydrogen) atoms. The molecule has 3 atom stereocenters. The van der Waals surface area contributed by atoms with E-state index in [1.807, 2.05) is 19.9 Å². The predicted octanol–water partition coefficient (Wildman–Crippen LogP) is 1.77. The maximum atomic E-state index is 8.32. The lowest BCUT2D eigenvalue weighted by atomic mass is 10.1. The van der Waals surface area contributed by atoms with E-state index < -0.39 is 5.79 Å². The Labute approximate surface area is 93.8 Å². The summed E-state index contributed by atoms with van der Waals surface area (Å²) in [5.41, 5.74) is 9.25. The predicted molar refractivity (Wildman–Crippen MR) is 56.7 cm³/mol. The van der Waals surface area contributed by atoms with Crippen LogP contribution in [0.15, 0.2) is 16.8 Å². The van der Waals surface area contributed by atoms with Crippen molar-refractivity contribution in [3.8, 4) is 0 Å². The molecule has 2 aliphatic rings. The third-order valence-corrected chi connectivity index (χ3v) is 2.79. The minimum atomic E-state index is -0.609. The van der Waals surface area contributed by atoms with Crippen LogP contribution in [0.5, 0.6) is 0 Å². The largest absolute Gasteiger partial charge is 0.375 e. The SMILES string of the molecule is CO[C@H]1C=C(CN=[N+]=[N-])[C@@H]2OC(C)(C)O[C@H]12. The summed E-state index contributed by atoms with van der Waals surface area (Å²) in [6, 6.07) is 0. The third kappa shape index (κ3) is 1.92. The smallest absolute Gasteiger partial charge is 0.164 e. The molecule has 1 aliphatic carbocycles. The monoisotopic (exact) mass is 225 g/mol. The number of fused-ring (bicyclic) bond motifs is 1. The van der Waals surface area contributed by atoms with Gasteiger partial charge in [0.25, 0.3) is 0 Å². The topological polar surface area (TPSA) is 76.5 Å². The molecule has 1 saturated heterocycles. The standard InChI is InChI=1S/C10H15N3O3/c1-10(2)15-8-6(5-12-13-11)4-7(14-3)9(8)16-10/h4,7-9H,5H2,1-3H3/t7-,8-,9+/m0/s1. The van der Waals surface area contributed by atoms with Crippen molar-refractivity contribution >= 4 is 0 Å². The maximum absolute atomic E-state index is 8.32. The van der Waals surface area contributed by atoms with E-state index in [9.17, 15) is 0 Å². The van der Waals surface area contributed by atoms with E-state index in [4.69, 9.17) is 19.7 Å². The molecule has 0 unspecified atom stereocenters. The van der Waals surface area contributed by atoms with Gasteiger partial charge in [0.05, 0.1) is 0 Å². The lowest BCUT2D eigenvalue weighted by Gasteiger charge is -2.19. The average Bonchev–Trinajstić information content (AvgIpc) is 2.69. The zero-order valence-electron chi connectivity index (χ0n) is 9.58. The average molecular weight is 225 g/mol. The Kier molecular flexibility index (Phi) is 2.90. The molecule has 88 valence electrons. The van der Waals surface area contributed by atoms with E-state index in [-0.39, 0.29) is 18.3 Å². The van der Waals surface area contributed by atoms with Crippen molar-refractivity contribution in [2.75, 3.05) is 13.7 Å². The van der Waals surface area contributed by atoms with Crippen LogP contribution in [0.4, 0.5) is 0 Å². The van der Waals surface area contributed by atoms with Crippen molar-refractivity contribution in [3.63, 3.8) is 0 Å². The molecule has 0 saturated carbocycles. The molecule has 0 aromatic heterocycles. The molecule has 1 aliphatic heterocycles. The minimum absolute atomic E-state index is 0.129. The fourth-order valence-electron chi connectivity index (χ4n) is 2.17. The van der Waals surface area contributed by atoms with E-state index in [2.05, 4.69) is 10.0 Å². The maximum Gasteiger partial charge on any atom is 0.164 e. The van der Waals surface area contributed by atoms with Crippen LogP contribution in [0.1, 0.15) is 13.8 Å². The summed E-state index contributed by atoms with van der Waals surface area (Å²) in [5, 5.41) is 3.55. The van der Waals surface area contributed by atoms with E-state index in [1.165, 1.54) is 0 Å². The van der Waals surface area contributed by atoms with Gasteiger partial charge in [-0.1, -0.05) is 11.2 Å². The highest BCUT2D eigenvalue weighted by Gasteiger charge is 2.49. The highest BCUT2D eigenvalue weighted by molar-refractivity contribution is 5.26. The molecular weight excluding hydrogens is 210 g/mol. The summed E-state index contributed by atoms with van der Waals surface area (Å²) in [4.78, 5) is 2.75. The van der Waals surface area contributed by atoms with Crippen molar-refractivity contribution in [1.29, 1.82) is 0 Å². The lowest BCUT2D eigenvalue weighted by molar-refractivity contribution is -0.154. The number of azide groups is 1. The molecule has 0 amide bonds. The van der Waals surface area contributed by atoms with Gasteiger partial charge in [-0.05, 0) is 25.0 Å². The number of nitrogens with zero attached hydrogens (tertiary/aromatic N) is 3. The van der Waals surface area contributed by atoms with E-state index in [0.717, 1.165) is 5.57 Å². The molecule has 0 aromatic rings. The molecule has 1 heterocycles. The van der Waals surface area contributed by atoms with Crippen LogP contribution >= 0.6 is 0 Å². The highest BCUT2D eigenvalue weighted by atomic mass is 16.8. The molecule has 6 nitrogen and oxygen atoms in total. The molecule has 0 bridgehead atoms. The van der Waals surface area contributed by atoms with Crippen molar-refractivity contribution in [1.82, 2.24) is 0 Å². The Balaban J connectivity index is 2.17. The quantitative estimate of drug-likeness (QED) is 0.318. The summed E-state index contributed by atoms with van der Waals surface area (Å²) < 4.78 is 16.8. The van der Waals surface area contributed by atoms with Gasteiger partial charge in [0.1, 0.15) is 18.3 Å². The van der Waals surface area contributed by atoms with Crippen molar-refractivity contribution < 1.29 is 14.2 Å². The molecule has 0 spiro atoms. The molecule has 0 aromatic carbocycles. The van der Waals surface area contributed by atoms with Gasteiger partial charge in [-0.3, -0.25) is 0 Å². The first-order valence-electron chi connectivity index (χ1n) is 5.17. The Morgan fingerprint density at radius 2 is 2.31 bits per heavy atom. The molecule has 2 rings (SSSR count). The minimum Gasteiger partial charge on any atom is -0.375 e. The number of rotatable bonds is 3. The second-order valence-electron chi connectivity index (χ2n) is 4.35. The van der Waals surface area contributed by atoms with Gasteiger partial charge in [0.15, 0.2) is 5.79 Å². The van der Waals surface area contributed by atoms with E-state index >= 15 is 0 Å². The number of hydrogen-bond donors (Lipinski definition) is 0. The Morgan fingerprint density at radius 3 is 2.94 bits per heavy atom. The van der Waals surface area contributed by atoms with Crippen LogP contribution in [-0.2, 0) is 14.2 Å². The van der Waals surface area contributed by atoms with Crippen LogP contribution in [0.3, 0.4) is 0 Å². The molecule has 0 radical (unpaired) electrons. The van der Waals surface area contributed by atoms with E-state index in [1.54, 1.807) is 7.11 Å². The van der Waals surface area contributed by atoms with Gasteiger partial charge in [0, 0.05) is 18.6 Å². The summed E-state index contributed by atoms with van der Waals surface area (Å²) in [6.07, 6.45) is 1.49. The Morgan fingerprint density at radius 1 is 1.56 bits per heavy atom. The highest BCUT2D eigenvalue weighted by Crippen LogP contribution is 2.39. The summed E-state index contributed by atoms with van der Waals surface area (Å²) >= 11 is 0. The summed E-state index contributed by atoms with van der Waals surface area (Å²) in [6.45, 7) is 4.03. The van der Waals surface area contributed by atoms with Crippen LogP contribution in [-0.4, -0.2) is 37.8 Å². The van der Waals surface area contributed by atoms with Crippen molar-refractivity contribution in [3.05, 3.63) is 22.1 Å². The van der Waals surface area contributed by atoms with Gasteiger partial charge >= 0.3 is 0 Å². The Bertz CT molecular complexity index is 360. The van der Waals surface area contributed by atoms with Gasteiger partial charge in [-0.2, -0.15) is 0 Å². The fourth-order valence-corrected chi connectivity index (χ4v) is 2.17. The third-order valence-electron chi connectivity index (χ3n) is 2.79. The van der Waals surface area contributed by atoms with Crippen molar-refractivity contribution in [2.45, 2.75) is 37.9 Å². The number of ether oxygens (including phenoxy) is 3. The lowest BCUT2D eigenvalue weighted by Crippen LogP contribution is -2.30. The zero-order chi connectivity index (χ0) is 11.8. The van der Waals surface area contributed by atoms with Crippen LogP contribution in [0, 0.1) is 0 Å². The summed E-state index contributed by atoms with van der Waals surface area (Å²) in [7, 11) is 1.63. The number of hydrogen-bond acceptors (Lipinski definition) is 4. The fraction of sp³-hybridized carbons (Fsp3) is 0.800. The Hall–Kier alpha value is -1.07. The van der Waals surface area contributed by atoms with Gasteiger partial charge in [-0.25, -0.2) is 0 Å². The molecule has 1 fully saturated rings. The first-order valence-corrected chi connectivity index (χ1v) is 5.17. The molecule has 0 N–H and O–H groups in total. The first kappa shape index (κ1) is 11.4. The normalized spacial score (nSPS) is 35.4.